The van der Waals surface area contributed by atoms with Gasteiger partial charge in [-0.15, -0.1) is 0 Å². The summed E-state index contributed by atoms with van der Waals surface area (Å²) >= 11 is 0. The highest BCUT2D eigenvalue weighted by molar-refractivity contribution is 6.27. The fourth-order valence-corrected chi connectivity index (χ4v) is 2.97. The number of rotatable bonds is 5. The van der Waals surface area contributed by atoms with Crippen LogP contribution >= 0.6 is 0 Å². The number of benzene rings is 2. The fraction of sp³-hybridized carbons (Fsp3) is 0.150. The predicted octanol–water partition coefficient (Wildman–Crippen LogP) is 2.97. The number of para-hydroxylation sites is 1. The largest absolute Gasteiger partial charge is 0.480 e. The lowest BCUT2D eigenvalue weighted by Crippen LogP contribution is -2.35. The molecule has 0 aromatic heterocycles. The van der Waals surface area contributed by atoms with Crippen LogP contribution in [0.25, 0.3) is 0 Å². The first-order chi connectivity index (χ1) is 12.0. The summed E-state index contributed by atoms with van der Waals surface area (Å²) in [4.78, 5) is 38.2. The van der Waals surface area contributed by atoms with E-state index in [9.17, 15) is 19.5 Å². The van der Waals surface area contributed by atoms with Gasteiger partial charge in [0.2, 0.25) is 0 Å². The Morgan fingerprint density at radius 2 is 1.48 bits per heavy atom. The first-order valence-corrected chi connectivity index (χ1v) is 7.89. The number of hydrogen-bond acceptors (Lipinski definition) is 4. The molecule has 0 saturated carbocycles. The van der Waals surface area contributed by atoms with Gasteiger partial charge in [0.05, 0.1) is 0 Å². The van der Waals surface area contributed by atoms with E-state index in [-0.39, 0.29) is 24.7 Å². The van der Waals surface area contributed by atoms with Gasteiger partial charge in [-0.05, 0) is 19.1 Å². The van der Waals surface area contributed by atoms with Crippen molar-refractivity contribution in [2.24, 2.45) is 0 Å². The van der Waals surface area contributed by atoms with Gasteiger partial charge in [0, 0.05) is 34.5 Å². The van der Waals surface area contributed by atoms with Crippen molar-refractivity contribution in [2.45, 2.75) is 6.92 Å². The molecule has 0 bridgehead atoms. The summed E-state index contributed by atoms with van der Waals surface area (Å²) in [5, 5.41) is 9.21. The third-order valence-corrected chi connectivity index (χ3v) is 4.28. The average molecular weight is 335 g/mol. The maximum Gasteiger partial charge on any atom is 0.323 e. The van der Waals surface area contributed by atoms with Gasteiger partial charge in [0.25, 0.3) is 0 Å². The quantitative estimate of drug-likeness (QED) is 0.909. The van der Waals surface area contributed by atoms with E-state index in [0.717, 1.165) is 0 Å². The van der Waals surface area contributed by atoms with Crippen LogP contribution < -0.4 is 4.90 Å². The van der Waals surface area contributed by atoms with Crippen LogP contribution in [-0.4, -0.2) is 35.7 Å². The van der Waals surface area contributed by atoms with Crippen molar-refractivity contribution in [3.63, 3.8) is 0 Å². The third kappa shape index (κ3) is 3.21. The summed E-state index contributed by atoms with van der Waals surface area (Å²) in [6.45, 7) is 1.43. The highest BCUT2D eigenvalue weighted by Gasteiger charge is 2.30. The van der Waals surface area contributed by atoms with Gasteiger partial charge >= 0.3 is 5.97 Å². The number of allylic oxidation sites excluding steroid dienone is 1. The van der Waals surface area contributed by atoms with Crippen LogP contribution in [0.4, 0.5) is 5.69 Å². The molecule has 0 aliphatic heterocycles. The minimum Gasteiger partial charge on any atom is -0.480 e. The number of aliphatic carboxylic acids is 1. The summed E-state index contributed by atoms with van der Waals surface area (Å²) in [7, 11) is 0. The number of Topliss-reactive ketones (excluding diaryl/α,β-unsaturated/α-hetero) is 2. The molecule has 25 heavy (non-hydrogen) atoms. The standard InChI is InChI=1S/C20H17NO4/c1-13-17(20(25)16-10-6-5-9-15(16)19(13)24)11-21(12-18(22)23)14-7-3-2-4-8-14/h2-10H,11-12H2,1H3,(H,22,23). The highest BCUT2D eigenvalue weighted by atomic mass is 16.4. The molecule has 0 atom stereocenters. The van der Waals surface area contributed by atoms with Gasteiger partial charge in [-0.1, -0.05) is 42.5 Å². The Hall–Kier alpha value is -3.21. The Balaban J connectivity index is 1.99. The van der Waals surface area contributed by atoms with Crippen LogP contribution in [0, 0.1) is 0 Å². The molecule has 5 heteroatoms. The third-order valence-electron chi connectivity index (χ3n) is 4.28. The second-order valence-electron chi connectivity index (χ2n) is 5.89. The lowest BCUT2D eigenvalue weighted by atomic mass is 9.84. The molecule has 1 aliphatic rings. The SMILES string of the molecule is CC1=C(CN(CC(=O)O)c2ccccc2)C(=O)c2ccccc2C1=O. The van der Waals surface area contributed by atoms with E-state index < -0.39 is 5.97 Å². The molecule has 1 aliphatic carbocycles. The van der Waals surface area contributed by atoms with E-state index in [1.807, 2.05) is 6.07 Å². The molecule has 2 aromatic rings. The molecule has 2 aromatic carbocycles. The number of carboxylic acid groups (broad SMARTS) is 1. The minimum atomic E-state index is -1.00. The Kier molecular flexibility index (Phi) is 4.48. The van der Waals surface area contributed by atoms with Gasteiger partial charge in [-0.25, -0.2) is 0 Å². The Morgan fingerprint density at radius 3 is 2.08 bits per heavy atom. The lowest BCUT2D eigenvalue weighted by Gasteiger charge is -2.27. The molecule has 5 nitrogen and oxygen atoms in total. The molecular formula is C20H17NO4. The van der Waals surface area contributed by atoms with Crippen LogP contribution in [0.15, 0.2) is 65.7 Å². The highest BCUT2D eigenvalue weighted by Crippen LogP contribution is 2.27. The van der Waals surface area contributed by atoms with E-state index >= 15 is 0 Å². The Morgan fingerprint density at radius 1 is 0.920 bits per heavy atom. The van der Waals surface area contributed by atoms with Crippen LogP contribution in [0.1, 0.15) is 27.6 Å². The van der Waals surface area contributed by atoms with Gasteiger partial charge < -0.3 is 10.0 Å². The van der Waals surface area contributed by atoms with E-state index in [1.165, 1.54) is 0 Å². The number of anilines is 1. The molecule has 0 amide bonds. The summed E-state index contributed by atoms with van der Waals surface area (Å²) in [5.41, 5.74) is 2.17. The number of nitrogens with zero attached hydrogens (tertiary/aromatic N) is 1. The maximum atomic E-state index is 12.8. The fourth-order valence-electron chi connectivity index (χ4n) is 2.97. The van der Waals surface area contributed by atoms with E-state index in [2.05, 4.69) is 0 Å². The summed E-state index contributed by atoms with van der Waals surface area (Å²) < 4.78 is 0. The summed E-state index contributed by atoms with van der Waals surface area (Å²) in [6, 6.07) is 15.7. The molecule has 0 fully saturated rings. The topological polar surface area (TPSA) is 74.7 Å². The van der Waals surface area contributed by atoms with Crippen molar-refractivity contribution in [1.29, 1.82) is 0 Å². The number of fused-ring (bicyclic) bond motifs is 1. The smallest absolute Gasteiger partial charge is 0.323 e. The van der Waals surface area contributed by atoms with E-state index in [4.69, 9.17) is 0 Å². The van der Waals surface area contributed by atoms with Crippen LogP contribution in [0.5, 0.6) is 0 Å². The molecule has 3 rings (SSSR count). The summed E-state index contributed by atoms with van der Waals surface area (Å²) in [6.07, 6.45) is 0. The van der Waals surface area contributed by atoms with Crippen molar-refractivity contribution in [3.05, 3.63) is 76.9 Å². The van der Waals surface area contributed by atoms with E-state index in [1.54, 1.807) is 60.4 Å². The molecule has 0 spiro atoms. The molecule has 126 valence electrons. The van der Waals surface area contributed by atoms with Gasteiger partial charge in [-0.2, -0.15) is 0 Å². The van der Waals surface area contributed by atoms with Crippen LogP contribution in [0.3, 0.4) is 0 Å². The number of carbonyl (C=O) groups excluding carboxylic acids is 2. The maximum absolute atomic E-state index is 12.8. The zero-order valence-corrected chi connectivity index (χ0v) is 13.7. The van der Waals surface area contributed by atoms with Crippen molar-refractivity contribution in [1.82, 2.24) is 0 Å². The number of hydrogen-bond donors (Lipinski definition) is 1. The second kappa shape index (κ2) is 6.73. The molecule has 0 heterocycles. The van der Waals surface area contributed by atoms with Gasteiger partial charge in [-0.3, -0.25) is 14.4 Å². The Labute approximate surface area is 145 Å². The summed E-state index contributed by atoms with van der Waals surface area (Å²) in [5.74, 6) is -1.41. The molecule has 0 radical (unpaired) electrons. The number of carboxylic acids is 1. The minimum absolute atomic E-state index is 0.0705. The van der Waals surface area contributed by atoms with E-state index in [0.29, 0.717) is 28.0 Å². The molecule has 1 N–H and O–H groups in total. The van der Waals surface area contributed by atoms with Crippen molar-refractivity contribution < 1.29 is 19.5 Å². The second-order valence-corrected chi connectivity index (χ2v) is 5.89. The Bertz CT molecular complexity index is 884. The van der Waals surface area contributed by atoms with Crippen LogP contribution in [0.2, 0.25) is 0 Å². The first kappa shape index (κ1) is 16.6. The van der Waals surface area contributed by atoms with Gasteiger partial charge in [0.15, 0.2) is 11.6 Å². The van der Waals surface area contributed by atoms with Crippen molar-refractivity contribution in [3.8, 4) is 0 Å². The predicted molar refractivity (Wildman–Crippen MR) is 94.1 cm³/mol. The van der Waals surface area contributed by atoms with Crippen LogP contribution in [-0.2, 0) is 4.79 Å². The molecule has 0 saturated heterocycles. The van der Waals surface area contributed by atoms with Crippen molar-refractivity contribution >= 4 is 23.2 Å². The monoisotopic (exact) mass is 335 g/mol. The average Bonchev–Trinajstić information content (AvgIpc) is 2.63. The lowest BCUT2D eigenvalue weighted by molar-refractivity contribution is -0.135. The normalized spacial score (nSPS) is 13.6. The molecule has 0 unspecified atom stereocenters. The van der Waals surface area contributed by atoms with Crippen molar-refractivity contribution in [2.75, 3.05) is 18.0 Å². The molecular weight excluding hydrogens is 318 g/mol. The zero-order valence-electron chi connectivity index (χ0n) is 13.7. The number of carbonyl (C=O) groups is 3. The first-order valence-electron chi connectivity index (χ1n) is 7.89. The number of ketones is 2. The zero-order chi connectivity index (χ0) is 18.0. The van der Waals surface area contributed by atoms with Gasteiger partial charge in [0.1, 0.15) is 6.54 Å².